The molecule has 1 aromatic heterocycles. The van der Waals surface area contributed by atoms with Crippen LogP contribution in [0.25, 0.3) is 11.1 Å². The van der Waals surface area contributed by atoms with Gasteiger partial charge in [-0.1, -0.05) is 90.8 Å². The number of thioether (sulfide) groups is 1. The highest BCUT2D eigenvalue weighted by Crippen LogP contribution is 2.44. The van der Waals surface area contributed by atoms with Gasteiger partial charge in [0, 0.05) is 40.7 Å². The van der Waals surface area contributed by atoms with Crippen molar-refractivity contribution in [3.63, 3.8) is 0 Å². The van der Waals surface area contributed by atoms with Gasteiger partial charge >= 0.3 is 0 Å². The van der Waals surface area contributed by atoms with Crippen LogP contribution in [0.1, 0.15) is 18.1 Å². The van der Waals surface area contributed by atoms with Crippen LogP contribution in [0.5, 0.6) is 0 Å². The summed E-state index contributed by atoms with van der Waals surface area (Å²) in [5, 5.41) is 13.2. The smallest absolute Gasteiger partial charge is 0.140 e. The number of rotatable bonds is 8. The van der Waals surface area contributed by atoms with Crippen LogP contribution in [0, 0.1) is 5.92 Å². The van der Waals surface area contributed by atoms with Crippen LogP contribution in [-0.4, -0.2) is 14.7 Å². The van der Waals surface area contributed by atoms with Crippen molar-refractivity contribution in [2.24, 2.45) is 5.92 Å². The molecular formula is C26H24Cl2N2OS. The third kappa shape index (κ3) is 5.21. The van der Waals surface area contributed by atoms with Gasteiger partial charge in [0.25, 0.3) is 0 Å². The molecule has 0 saturated heterocycles. The molecule has 0 aliphatic heterocycles. The Hall–Kier alpha value is -2.24. The highest BCUT2D eigenvalue weighted by Gasteiger charge is 2.36. The normalized spacial score (nSPS) is 14.1. The molecule has 6 heteroatoms. The molecule has 4 rings (SSSR count). The second-order valence-corrected chi connectivity index (χ2v) is 9.87. The summed E-state index contributed by atoms with van der Waals surface area (Å²) in [5.41, 5.74) is 4.06. The third-order valence-electron chi connectivity index (χ3n) is 5.58. The van der Waals surface area contributed by atoms with Gasteiger partial charge in [-0.15, -0.1) is 11.8 Å². The number of aromatic nitrogens is 2. The fourth-order valence-corrected chi connectivity index (χ4v) is 5.55. The Bertz CT molecular complexity index is 1150. The molecule has 1 heterocycles. The average Bonchev–Trinajstić information content (AvgIpc) is 3.32. The van der Waals surface area contributed by atoms with E-state index in [0.29, 0.717) is 22.3 Å². The molecule has 0 bridgehead atoms. The summed E-state index contributed by atoms with van der Waals surface area (Å²) < 4.78 is 1.99. The zero-order valence-electron chi connectivity index (χ0n) is 17.7. The van der Waals surface area contributed by atoms with Crippen LogP contribution in [0.2, 0.25) is 10.0 Å². The van der Waals surface area contributed by atoms with Gasteiger partial charge in [-0.3, -0.25) is 0 Å². The maximum Gasteiger partial charge on any atom is 0.140 e. The van der Waals surface area contributed by atoms with Gasteiger partial charge < -0.3 is 9.67 Å². The Kier molecular flexibility index (Phi) is 7.27. The fraction of sp³-hybridized carbons (Fsp3) is 0.192. The molecule has 32 heavy (non-hydrogen) atoms. The Morgan fingerprint density at radius 1 is 1.00 bits per heavy atom. The standard InChI is InChI=1S/C26H24Cl2N2OS/c1-19(16-30-14-13-29-18-30)26(31,32-17-22-9-12-24(27)15-25(22)28)23-10-7-21(8-11-23)20-5-3-2-4-6-20/h2-15,18-19,31H,16-17H2,1H3. The minimum atomic E-state index is -1.12. The Balaban J connectivity index is 1.63. The van der Waals surface area contributed by atoms with Gasteiger partial charge in [-0.2, -0.15) is 0 Å². The summed E-state index contributed by atoms with van der Waals surface area (Å²) in [6.07, 6.45) is 5.44. The number of nitrogens with zero attached hydrogens (tertiary/aromatic N) is 2. The van der Waals surface area contributed by atoms with E-state index in [1.165, 1.54) is 11.8 Å². The van der Waals surface area contributed by atoms with Gasteiger partial charge in [0.1, 0.15) is 4.93 Å². The Morgan fingerprint density at radius 3 is 2.38 bits per heavy atom. The molecule has 4 aromatic rings. The zero-order chi connectivity index (χ0) is 22.6. The molecule has 0 radical (unpaired) electrons. The maximum absolute atomic E-state index is 12.0. The summed E-state index contributed by atoms with van der Waals surface area (Å²) in [6.45, 7) is 2.69. The lowest BCUT2D eigenvalue weighted by Gasteiger charge is -2.34. The number of imidazole rings is 1. The lowest BCUT2D eigenvalue weighted by Crippen LogP contribution is -2.33. The molecule has 0 spiro atoms. The molecule has 1 N–H and O–H groups in total. The van der Waals surface area contributed by atoms with Crippen molar-refractivity contribution in [2.75, 3.05) is 0 Å². The van der Waals surface area contributed by atoms with E-state index in [2.05, 4.69) is 36.2 Å². The van der Waals surface area contributed by atoms with E-state index in [0.717, 1.165) is 22.3 Å². The summed E-state index contributed by atoms with van der Waals surface area (Å²) >= 11 is 13.9. The van der Waals surface area contributed by atoms with E-state index in [1.807, 2.05) is 53.2 Å². The largest absolute Gasteiger partial charge is 0.375 e. The van der Waals surface area contributed by atoms with Crippen LogP contribution >= 0.6 is 35.0 Å². The summed E-state index contributed by atoms with van der Waals surface area (Å²) in [6, 6.07) is 23.9. The van der Waals surface area contributed by atoms with E-state index in [1.54, 1.807) is 18.6 Å². The number of benzene rings is 3. The fourth-order valence-electron chi connectivity index (χ4n) is 3.70. The molecule has 0 fully saturated rings. The summed E-state index contributed by atoms with van der Waals surface area (Å²) in [7, 11) is 0. The molecule has 3 nitrogen and oxygen atoms in total. The van der Waals surface area contributed by atoms with Crippen molar-refractivity contribution >= 4 is 35.0 Å². The summed E-state index contributed by atoms with van der Waals surface area (Å²) in [5.74, 6) is 0.469. The third-order valence-corrected chi connectivity index (χ3v) is 7.70. The molecule has 0 amide bonds. The minimum Gasteiger partial charge on any atom is -0.375 e. The topological polar surface area (TPSA) is 38.0 Å². The molecule has 2 unspecified atom stereocenters. The van der Waals surface area contributed by atoms with Gasteiger partial charge in [-0.05, 0) is 34.4 Å². The second-order valence-electron chi connectivity index (χ2n) is 7.82. The van der Waals surface area contributed by atoms with Crippen LogP contribution in [0.3, 0.4) is 0 Å². The lowest BCUT2D eigenvalue weighted by atomic mass is 9.94. The minimum absolute atomic E-state index is 0.0876. The number of hydrogen-bond acceptors (Lipinski definition) is 3. The van der Waals surface area contributed by atoms with Gasteiger partial charge in [0.05, 0.1) is 6.33 Å². The van der Waals surface area contributed by atoms with Gasteiger partial charge in [0.15, 0.2) is 0 Å². The average molecular weight is 483 g/mol. The van der Waals surface area contributed by atoms with Gasteiger partial charge in [0.2, 0.25) is 0 Å². The SMILES string of the molecule is CC(Cn1ccnc1)C(O)(SCc1ccc(Cl)cc1Cl)c1ccc(-c2ccccc2)cc1. The van der Waals surface area contributed by atoms with E-state index < -0.39 is 4.93 Å². The first-order chi connectivity index (χ1) is 15.5. The second kappa shape index (κ2) is 10.1. The predicted octanol–water partition coefficient (Wildman–Crippen LogP) is 7.27. The van der Waals surface area contributed by atoms with Crippen LogP contribution in [-0.2, 0) is 17.2 Å². The first kappa shape index (κ1) is 22.9. The Morgan fingerprint density at radius 2 is 1.72 bits per heavy atom. The van der Waals surface area contributed by atoms with Crippen molar-refractivity contribution in [1.29, 1.82) is 0 Å². The monoisotopic (exact) mass is 482 g/mol. The van der Waals surface area contributed by atoms with E-state index in [-0.39, 0.29) is 5.92 Å². The number of aliphatic hydroxyl groups is 1. The Labute approximate surface area is 203 Å². The van der Waals surface area contributed by atoms with Crippen molar-refractivity contribution < 1.29 is 5.11 Å². The van der Waals surface area contributed by atoms with Crippen LogP contribution < -0.4 is 0 Å². The summed E-state index contributed by atoms with van der Waals surface area (Å²) in [4.78, 5) is 3.01. The maximum atomic E-state index is 12.0. The van der Waals surface area contributed by atoms with Crippen LogP contribution in [0.4, 0.5) is 0 Å². The molecular weight excluding hydrogens is 459 g/mol. The predicted molar refractivity (Wildman–Crippen MR) is 135 cm³/mol. The highest BCUT2D eigenvalue weighted by molar-refractivity contribution is 7.99. The van der Waals surface area contributed by atoms with E-state index >= 15 is 0 Å². The lowest BCUT2D eigenvalue weighted by molar-refractivity contribution is 0.0689. The molecule has 2 atom stereocenters. The zero-order valence-corrected chi connectivity index (χ0v) is 20.0. The van der Waals surface area contributed by atoms with Crippen molar-refractivity contribution in [2.45, 2.75) is 24.2 Å². The van der Waals surface area contributed by atoms with Crippen molar-refractivity contribution in [1.82, 2.24) is 9.55 Å². The van der Waals surface area contributed by atoms with Crippen molar-refractivity contribution in [3.05, 3.63) is 113 Å². The van der Waals surface area contributed by atoms with Gasteiger partial charge in [-0.25, -0.2) is 4.98 Å². The first-order valence-corrected chi connectivity index (χ1v) is 12.1. The van der Waals surface area contributed by atoms with E-state index in [4.69, 9.17) is 23.2 Å². The first-order valence-electron chi connectivity index (χ1n) is 10.4. The quantitative estimate of drug-likeness (QED) is 0.268. The molecule has 164 valence electrons. The highest BCUT2D eigenvalue weighted by atomic mass is 35.5. The molecule has 0 saturated carbocycles. The number of hydrogen-bond donors (Lipinski definition) is 1. The van der Waals surface area contributed by atoms with E-state index in [9.17, 15) is 5.11 Å². The molecule has 3 aromatic carbocycles. The van der Waals surface area contributed by atoms with Crippen molar-refractivity contribution in [3.8, 4) is 11.1 Å². The molecule has 0 aliphatic carbocycles. The molecule has 0 aliphatic rings. The number of halogens is 2. The van der Waals surface area contributed by atoms with Crippen LogP contribution in [0.15, 0.2) is 91.5 Å².